The van der Waals surface area contributed by atoms with Gasteiger partial charge >= 0.3 is 5.97 Å². The van der Waals surface area contributed by atoms with Crippen molar-refractivity contribution in [3.63, 3.8) is 0 Å². The molecule has 0 aliphatic heterocycles. The van der Waals surface area contributed by atoms with Gasteiger partial charge in [0.15, 0.2) is 0 Å². The zero-order valence-electron chi connectivity index (χ0n) is 11.6. The Kier molecular flexibility index (Phi) is 4.35. The normalized spacial score (nSPS) is 10.4. The van der Waals surface area contributed by atoms with Crippen LogP contribution >= 0.6 is 11.3 Å². The van der Waals surface area contributed by atoms with Crippen LogP contribution in [0.3, 0.4) is 0 Å². The van der Waals surface area contributed by atoms with Crippen LogP contribution < -0.4 is 11.1 Å². The standard InChI is InChI=1S/C14H15N3O3S/c1-7-3-9(4-10(8(7)2)14(19)20)16-13(18)11-6-21-12(5-15)17-11/h3-4,6H,5,15H2,1-2H3,(H,16,18)(H,19,20). The topological polar surface area (TPSA) is 105 Å². The molecule has 0 unspecified atom stereocenters. The molecule has 0 aliphatic carbocycles. The molecule has 1 aromatic carbocycles. The van der Waals surface area contributed by atoms with Gasteiger partial charge in [-0.3, -0.25) is 4.79 Å². The smallest absolute Gasteiger partial charge is 0.336 e. The molecule has 0 saturated carbocycles. The van der Waals surface area contributed by atoms with E-state index in [2.05, 4.69) is 10.3 Å². The van der Waals surface area contributed by atoms with Crippen LogP contribution in [0.25, 0.3) is 0 Å². The molecular formula is C14H15N3O3S. The summed E-state index contributed by atoms with van der Waals surface area (Å²) in [7, 11) is 0. The van der Waals surface area contributed by atoms with Gasteiger partial charge in [0.1, 0.15) is 10.7 Å². The average Bonchev–Trinajstić information content (AvgIpc) is 2.91. The second kappa shape index (κ2) is 6.02. The molecule has 7 heteroatoms. The number of rotatable bonds is 4. The SMILES string of the molecule is Cc1cc(NC(=O)c2csc(CN)n2)cc(C(=O)O)c1C. The Balaban J connectivity index is 2.27. The molecule has 1 aromatic heterocycles. The quantitative estimate of drug-likeness (QED) is 0.802. The van der Waals surface area contributed by atoms with Crippen LogP contribution in [0, 0.1) is 13.8 Å². The number of anilines is 1. The number of hydrogen-bond acceptors (Lipinski definition) is 5. The molecule has 0 bridgehead atoms. The molecule has 1 heterocycles. The van der Waals surface area contributed by atoms with Crippen molar-refractivity contribution in [3.8, 4) is 0 Å². The number of nitrogens with two attached hydrogens (primary N) is 1. The number of amides is 1. The van der Waals surface area contributed by atoms with E-state index >= 15 is 0 Å². The molecule has 0 fully saturated rings. The van der Waals surface area contributed by atoms with E-state index in [1.165, 1.54) is 17.4 Å². The van der Waals surface area contributed by atoms with Gasteiger partial charge < -0.3 is 16.2 Å². The fourth-order valence-electron chi connectivity index (χ4n) is 1.86. The van der Waals surface area contributed by atoms with Crippen molar-refractivity contribution in [2.45, 2.75) is 20.4 Å². The summed E-state index contributed by atoms with van der Waals surface area (Å²) in [6.07, 6.45) is 0. The lowest BCUT2D eigenvalue weighted by molar-refractivity contribution is 0.0695. The number of carboxylic acids is 1. The van der Waals surface area contributed by atoms with E-state index < -0.39 is 5.97 Å². The number of carbonyl (C=O) groups excluding carboxylic acids is 1. The van der Waals surface area contributed by atoms with Crippen molar-refractivity contribution >= 4 is 28.9 Å². The van der Waals surface area contributed by atoms with Crippen LogP contribution in [0.4, 0.5) is 5.69 Å². The monoisotopic (exact) mass is 305 g/mol. The molecule has 1 amide bonds. The predicted octanol–water partition coefficient (Wildman–Crippen LogP) is 2.17. The average molecular weight is 305 g/mol. The van der Waals surface area contributed by atoms with Crippen molar-refractivity contribution in [3.05, 3.63) is 44.9 Å². The Morgan fingerprint density at radius 3 is 2.67 bits per heavy atom. The predicted molar refractivity (Wildman–Crippen MR) is 80.8 cm³/mol. The lowest BCUT2D eigenvalue weighted by atomic mass is 10.0. The molecule has 0 atom stereocenters. The van der Waals surface area contributed by atoms with Gasteiger partial charge in [0.2, 0.25) is 0 Å². The maximum Gasteiger partial charge on any atom is 0.336 e. The number of carboxylic acid groups (broad SMARTS) is 1. The lowest BCUT2D eigenvalue weighted by Gasteiger charge is -2.10. The highest BCUT2D eigenvalue weighted by molar-refractivity contribution is 7.09. The largest absolute Gasteiger partial charge is 0.478 e. The van der Waals surface area contributed by atoms with E-state index in [0.717, 1.165) is 5.56 Å². The van der Waals surface area contributed by atoms with Gasteiger partial charge in [0.25, 0.3) is 5.91 Å². The highest BCUT2D eigenvalue weighted by Crippen LogP contribution is 2.21. The van der Waals surface area contributed by atoms with Gasteiger partial charge in [-0.05, 0) is 37.1 Å². The molecule has 0 spiro atoms. The number of hydrogen-bond donors (Lipinski definition) is 3. The Labute approximate surface area is 125 Å². The number of benzene rings is 1. The summed E-state index contributed by atoms with van der Waals surface area (Å²) >= 11 is 1.31. The molecule has 4 N–H and O–H groups in total. The van der Waals surface area contributed by atoms with Crippen LogP contribution in [0.2, 0.25) is 0 Å². The first-order valence-corrected chi connectivity index (χ1v) is 7.10. The first-order chi connectivity index (χ1) is 9.92. The van der Waals surface area contributed by atoms with E-state index in [-0.39, 0.29) is 23.7 Å². The Morgan fingerprint density at radius 1 is 1.38 bits per heavy atom. The molecule has 0 radical (unpaired) electrons. The first-order valence-electron chi connectivity index (χ1n) is 6.22. The third kappa shape index (κ3) is 3.26. The van der Waals surface area contributed by atoms with Crippen LogP contribution in [0.15, 0.2) is 17.5 Å². The van der Waals surface area contributed by atoms with E-state index in [1.807, 2.05) is 0 Å². The number of aromatic nitrogens is 1. The van der Waals surface area contributed by atoms with Gasteiger partial charge in [0, 0.05) is 17.6 Å². The Hall–Kier alpha value is -2.25. The van der Waals surface area contributed by atoms with Gasteiger partial charge in [-0.15, -0.1) is 11.3 Å². The zero-order chi connectivity index (χ0) is 15.6. The fraction of sp³-hybridized carbons (Fsp3) is 0.214. The number of thiazole rings is 1. The number of aryl methyl sites for hydroxylation is 1. The van der Waals surface area contributed by atoms with Gasteiger partial charge in [-0.1, -0.05) is 0 Å². The number of carbonyl (C=O) groups is 2. The summed E-state index contributed by atoms with van der Waals surface area (Å²) < 4.78 is 0. The van der Waals surface area contributed by atoms with E-state index in [9.17, 15) is 9.59 Å². The van der Waals surface area contributed by atoms with Crippen molar-refractivity contribution < 1.29 is 14.7 Å². The lowest BCUT2D eigenvalue weighted by Crippen LogP contribution is -2.14. The van der Waals surface area contributed by atoms with Gasteiger partial charge in [-0.2, -0.15) is 0 Å². The molecule has 6 nitrogen and oxygen atoms in total. The zero-order valence-corrected chi connectivity index (χ0v) is 12.5. The van der Waals surface area contributed by atoms with Crippen molar-refractivity contribution in [1.29, 1.82) is 0 Å². The maximum atomic E-state index is 12.1. The Bertz CT molecular complexity index is 709. The Morgan fingerprint density at radius 2 is 2.10 bits per heavy atom. The summed E-state index contributed by atoms with van der Waals surface area (Å²) in [5, 5.41) is 14.1. The molecule has 21 heavy (non-hydrogen) atoms. The minimum absolute atomic E-state index is 0.172. The summed E-state index contributed by atoms with van der Waals surface area (Å²) in [4.78, 5) is 27.3. The van der Waals surface area contributed by atoms with Crippen molar-refractivity contribution in [2.24, 2.45) is 5.73 Å². The number of nitrogens with one attached hydrogen (secondary N) is 1. The third-order valence-corrected chi connectivity index (χ3v) is 3.99. The number of aromatic carboxylic acids is 1. The molecule has 110 valence electrons. The van der Waals surface area contributed by atoms with Crippen LogP contribution in [0.1, 0.15) is 37.0 Å². The summed E-state index contributed by atoms with van der Waals surface area (Å²) in [6.45, 7) is 3.82. The fourth-order valence-corrected chi connectivity index (χ4v) is 2.51. The summed E-state index contributed by atoms with van der Waals surface area (Å²) in [5.41, 5.74) is 7.81. The van der Waals surface area contributed by atoms with E-state index in [0.29, 0.717) is 16.3 Å². The maximum absolute atomic E-state index is 12.1. The minimum atomic E-state index is -1.02. The van der Waals surface area contributed by atoms with Gasteiger partial charge in [0.05, 0.1) is 5.56 Å². The summed E-state index contributed by atoms with van der Waals surface area (Å²) in [6, 6.07) is 3.18. The van der Waals surface area contributed by atoms with Crippen LogP contribution in [-0.2, 0) is 6.54 Å². The second-order valence-corrected chi connectivity index (χ2v) is 5.50. The highest BCUT2D eigenvalue weighted by atomic mass is 32.1. The van der Waals surface area contributed by atoms with Crippen LogP contribution in [0.5, 0.6) is 0 Å². The minimum Gasteiger partial charge on any atom is -0.478 e. The molecule has 0 saturated heterocycles. The molecule has 2 rings (SSSR count). The van der Waals surface area contributed by atoms with Gasteiger partial charge in [-0.25, -0.2) is 9.78 Å². The molecule has 2 aromatic rings. The van der Waals surface area contributed by atoms with Crippen molar-refractivity contribution in [1.82, 2.24) is 4.98 Å². The number of nitrogens with zero attached hydrogens (tertiary/aromatic N) is 1. The van der Waals surface area contributed by atoms with E-state index in [4.69, 9.17) is 10.8 Å². The first kappa shape index (κ1) is 15.1. The molecule has 0 aliphatic rings. The van der Waals surface area contributed by atoms with Crippen molar-refractivity contribution in [2.75, 3.05) is 5.32 Å². The highest BCUT2D eigenvalue weighted by Gasteiger charge is 2.14. The van der Waals surface area contributed by atoms with E-state index in [1.54, 1.807) is 25.3 Å². The molecular weight excluding hydrogens is 290 g/mol. The van der Waals surface area contributed by atoms with Crippen LogP contribution in [-0.4, -0.2) is 22.0 Å². The third-order valence-electron chi connectivity index (χ3n) is 3.11. The second-order valence-electron chi connectivity index (χ2n) is 4.56. The summed E-state index contributed by atoms with van der Waals surface area (Å²) in [5.74, 6) is -1.41.